The molecule has 3 nitrogen and oxygen atoms in total. The Hall–Kier alpha value is -1.06. The Bertz CT molecular complexity index is 377. The summed E-state index contributed by atoms with van der Waals surface area (Å²) in [5.74, 6) is 0.983. The quantitative estimate of drug-likeness (QED) is 0.784. The van der Waals surface area contributed by atoms with E-state index in [1.54, 1.807) is 7.11 Å². The lowest BCUT2D eigenvalue weighted by Gasteiger charge is -2.19. The van der Waals surface area contributed by atoms with E-state index in [4.69, 9.17) is 10.5 Å². The van der Waals surface area contributed by atoms with Gasteiger partial charge in [-0.3, -0.25) is 0 Å². The number of nitrogens with zero attached hydrogens (tertiary/aromatic N) is 1. The smallest absolute Gasteiger partial charge is 0.123 e. The second kappa shape index (κ2) is 8.18. The molecular weight excluding hydrogens is 236 g/mol. The highest BCUT2D eigenvalue weighted by Crippen LogP contribution is 2.21. The van der Waals surface area contributed by atoms with Crippen LogP contribution in [0.1, 0.15) is 37.8 Å². The number of ether oxygens (including phenoxy) is 1. The fourth-order valence-electron chi connectivity index (χ4n) is 2.23. The summed E-state index contributed by atoms with van der Waals surface area (Å²) in [4.78, 5) is 2.33. The van der Waals surface area contributed by atoms with Crippen molar-refractivity contribution in [3.63, 3.8) is 0 Å². The second-order valence-electron chi connectivity index (χ2n) is 5.36. The molecule has 0 aromatic heterocycles. The summed E-state index contributed by atoms with van der Waals surface area (Å²) >= 11 is 0. The Balaban J connectivity index is 2.58. The number of rotatable bonds is 8. The molecule has 0 bridgehead atoms. The zero-order chi connectivity index (χ0) is 14.3. The van der Waals surface area contributed by atoms with Crippen LogP contribution < -0.4 is 10.5 Å². The molecule has 19 heavy (non-hydrogen) atoms. The molecule has 0 saturated carbocycles. The average Bonchev–Trinajstić information content (AvgIpc) is 2.38. The predicted octanol–water partition coefficient (Wildman–Crippen LogP) is 2.82. The van der Waals surface area contributed by atoms with Crippen molar-refractivity contribution < 1.29 is 4.74 Å². The van der Waals surface area contributed by atoms with Gasteiger partial charge >= 0.3 is 0 Å². The summed E-state index contributed by atoms with van der Waals surface area (Å²) in [6.07, 6.45) is 3.28. The van der Waals surface area contributed by atoms with Crippen molar-refractivity contribution in [2.75, 3.05) is 20.7 Å². The van der Waals surface area contributed by atoms with E-state index in [9.17, 15) is 0 Å². The SMILES string of the molecule is CCc1ccc(OC)c(CN(C)CCCC(C)N)c1. The standard InChI is InChI=1S/C16H28N2O/c1-5-14-8-9-16(19-4)15(11-14)12-18(3)10-6-7-13(2)17/h8-9,11,13H,5-7,10,12,17H2,1-4H3. The molecule has 0 aliphatic heterocycles. The van der Waals surface area contributed by atoms with Gasteiger partial charge in [-0.25, -0.2) is 0 Å². The molecule has 0 fully saturated rings. The lowest BCUT2D eigenvalue weighted by Crippen LogP contribution is -2.22. The van der Waals surface area contributed by atoms with Crippen LogP contribution in [0.3, 0.4) is 0 Å². The molecule has 0 spiro atoms. The second-order valence-corrected chi connectivity index (χ2v) is 5.36. The molecular formula is C16H28N2O. The fourth-order valence-corrected chi connectivity index (χ4v) is 2.23. The summed E-state index contributed by atoms with van der Waals surface area (Å²) in [6.45, 7) is 6.24. The van der Waals surface area contributed by atoms with Gasteiger partial charge in [-0.2, -0.15) is 0 Å². The molecule has 0 aliphatic carbocycles. The van der Waals surface area contributed by atoms with Gasteiger partial charge in [0.15, 0.2) is 0 Å². The highest BCUT2D eigenvalue weighted by atomic mass is 16.5. The Morgan fingerprint density at radius 1 is 1.37 bits per heavy atom. The van der Waals surface area contributed by atoms with Gasteiger partial charge in [0.1, 0.15) is 5.75 Å². The van der Waals surface area contributed by atoms with E-state index in [-0.39, 0.29) is 0 Å². The van der Waals surface area contributed by atoms with E-state index in [1.807, 2.05) is 0 Å². The topological polar surface area (TPSA) is 38.5 Å². The van der Waals surface area contributed by atoms with Crippen LogP contribution >= 0.6 is 0 Å². The van der Waals surface area contributed by atoms with Crippen LogP contribution in [0.4, 0.5) is 0 Å². The molecule has 1 aromatic rings. The van der Waals surface area contributed by atoms with Crippen LogP contribution in [-0.4, -0.2) is 31.6 Å². The summed E-state index contributed by atoms with van der Waals surface area (Å²) < 4.78 is 5.44. The third-order valence-electron chi connectivity index (χ3n) is 3.39. The number of hydrogen-bond acceptors (Lipinski definition) is 3. The van der Waals surface area contributed by atoms with Crippen molar-refractivity contribution >= 4 is 0 Å². The van der Waals surface area contributed by atoms with Crippen molar-refractivity contribution in [3.05, 3.63) is 29.3 Å². The highest BCUT2D eigenvalue weighted by Gasteiger charge is 2.07. The largest absolute Gasteiger partial charge is 0.496 e. The van der Waals surface area contributed by atoms with Crippen LogP contribution in [0.15, 0.2) is 18.2 Å². The minimum Gasteiger partial charge on any atom is -0.496 e. The maximum absolute atomic E-state index is 5.78. The van der Waals surface area contributed by atoms with E-state index in [0.29, 0.717) is 6.04 Å². The number of hydrogen-bond donors (Lipinski definition) is 1. The van der Waals surface area contributed by atoms with Crippen LogP contribution in [0.25, 0.3) is 0 Å². The van der Waals surface area contributed by atoms with Gasteiger partial charge in [0, 0.05) is 18.2 Å². The molecule has 1 rings (SSSR count). The van der Waals surface area contributed by atoms with Crippen molar-refractivity contribution in [2.24, 2.45) is 5.73 Å². The fraction of sp³-hybridized carbons (Fsp3) is 0.625. The van der Waals surface area contributed by atoms with Gasteiger partial charge in [0.2, 0.25) is 0 Å². The first-order valence-corrected chi connectivity index (χ1v) is 7.16. The number of aryl methyl sites for hydroxylation is 1. The molecule has 1 atom stereocenters. The van der Waals surface area contributed by atoms with Crippen LogP contribution in [0.5, 0.6) is 5.75 Å². The van der Waals surface area contributed by atoms with Crippen molar-refractivity contribution in [2.45, 2.75) is 45.7 Å². The van der Waals surface area contributed by atoms with E-state index in [2.05, 4.69) is 44.0 Å². The molecule has 0 radical (unpaired) electrons. The number of benzene rings is 1. The van der Waals surface area contributed by atoms with Gasteiger partial charge in [-0.1, -0.05) is 19.1 Å². The van der Waals surface area contributed by atoms with E-state index < -0.39 is 0 Å². The van der Waals surface area contributed by atoms with Crippen LogP contribution in [0.2, 0.25) is 0 Å². The molecule has 0 saturated heterocycles. The van der Waals surface area contributed by atoms with Gasteiger partial charge in [-0.15, -0.1) is 0 Å². The Morgan fingerprint density at radius 3 is 2.68 bits per heavy atom. The number of nitrogens with two attached hydrogens (primary N) is 1. The minimum absolute atomic E-state index is 0.298. The Labute approximate surface area is 117 Å². The van der Waals surface area contributed by atoms with E-state index in [1.165, 1.54) is 11.1 Å². The first kappa shape index (κ1) is 16.0. The van der Waals surface area contributed by atoms with Crippen molar-refractivity contribution in [3.8, 4) is 5.75 Å². The lowest BCUT2D eigenvalue weighted by atomic mass is 10.1. The van der Waals surface area contributed by atoms with Crippen molar-refractivity contribution in [1.29, 1.82) is 0 Å². The molecule has 0 aliphatic rings. The predicted molar refractivity (Wildman–Crippen MR) is 81.6 cm³/mol. The molecule has 108 valence electrons. The first-order valence-electron chi connectivity index (χ1n) is 7.16. The van der Waals surface area contributed by atoms with E-state index in [0.717, 1.165) is 38.1 Å². The minimum atomic E-state index is 0.298. The normalized spacial score (nSPS) is 12.7. The third-order valence-corrected chi connectivity index (χ3v) is 3.39. The molecule has 1 aromatic carbocycles. The van der Waals surface area contributed by atoms with Gasteiger partial charge in [-0.05, 0) is 51.4 Å². The first-order chi connectivity index (χ1) is 9.06. The monoisotopic (exact) mass is 264 g/mol. The van der Waals surface area contributed by atoms with Gasteiger partial charge in [0.05, 0.1) is 7.11 Å². The summed E-state index contributed by atoms with van der Waals surface area (Å²) in [7, 11) is 3.89. The molecule has 2 N–H and O–H groups in total. The average molecular weight is 264 g/mol. The van der Waals surface area contributed by atoms with E-state index >= 15 is 0 Å². The highest BCUT2D eigenvalue weighted by molar-refractivity contribution is 5.37. The molecule has 0 amide bonds. The summed E-state index contributed by atoms with van der Waals surface area (Å²) in [5.41, 5.74) is 8.41. The molecule has 1 unspecified atom stereocenters. The molecule has 0 heterocycles. The Morgan fingerprint density at radius 2 is 2.11 bits per heavy atom. The van der Waals surface area contributed by atoms with Crippen LogP contribution in [0, 0.1) is 0 Å². The maximum atomic E-state index is 5.78. The zero-order valence-electron chi connectivity index (χ0n) is 12.8. The third kappa shape index (κ3) is 5.62. The lowest BCUT2D eigenvalue weighted by molar-refractivity contribution is 0.307. The number of methoxy groups -OCH3 is 1. The molecule has 3 heteroatoms. The van der Waals surface area contributed by atoms with Gasteiger partial charge in [0.25, 0.3) is 0 Å². The zero-order valence-corrected chi connectivity index (χ0v) is 12.8. The maximum Gasteiger partial charge on any atom is 0.123 e. The van der Waals surface area contributed by atoms with Gasteiger partial charge < -0.3 is 15.4 Å². The Kier molecular flexibility index (Phi) is 6.89. The van der Waals surface area contributed by atoms with Crippen molar-refractivity contribution in [1.82, 2.24) is 4.90 Å². The summed E-state index contributed by atoms with van der Waals surface area (Å²) in [5, 5.41) is 0. The summed E-state index contributed by atoms with van der Waals surface area (Å²) in [6, 6.07) is 6.76. The van der Waals surface area contributed by atoms with Crippen LogP contribution in [-0.2, 0) is 13.0 Å².